The van der Waals surface area contributed by atoms with Crippen molar-refractivity contribution in [3.63, 3.8) is 0 Å². The maximum absolute atomic E-state index is 4.40. The molecule has 0 bridgehead atoms. The van der Waals surface area contributed by atoms with Crippen molar-refractivity contribution < 1.29 is 0 Å². The number of hydrogen-bond donors (Lipinski definition) is 2. The lowest BCUT2D eigenvalue weighted by Gasteiger charge is -2.18. The molecule has 0 radical (unpaired) electrons. The van der Waals surface area contributed by atoms with Crippen molar-refractivity contribution in [2.75, 3.05) is 0 Å². The number of benzene rings is 1. The van der Waals surface area contributed by atoms with Gasteiger partial charge in [0.2, 0.25) is 0 Å². The predicted molar refractivity (Wildman–Crippen MR) is 70.8 cm³/mol. The van der Waals surface area contributed by atoms with Gasteiger partial charge in [0.1, 0.15) is 0 Å². The summed E-state index contributed by atoms with van der Waals surface area (Å²) < 4.78 is 0. The minimum absolute atomic E-state index is 0.809. The Morgan fingerprint density at radius 2 is 0.929 bits per heavy atom. The fraction of sp³-hybridized carbons (Fsp3) is 0.500. The van der Waals surface area contributed by atoms with Crippen molar-refractivity contribution in [2.24, 2.45) is 0 Å². The average molecular weight is 226 g/mol. The lowest BCUT2D eigenvalue weighted by molar-refractivity contribution is 1.11. The van der Waals surface area contributed by atoms with Crippen LogP contribution in [-0.4, -0.2) is 0 Å². The first kappa shape index (κ1) is 12.0. The molecule has 0 N–H and O–H groups in total. The molecule has 78 valence electrons. The molecular weight excluding hydrogens is 208 g/mol. The minimum Gasteiger partial charge on any atom is -0.175 e. The summed E-state index contributed by atoms with van der Waals surface area (Å²) in [6.07, 6.45) is 0. The molecule has 0 heterocycles. The van der Waals surface area contributed by atoms with Crippen molar-refractivity contribution >= 4 is 25.3 Å². The topological polar surface area (TPSA) is 0 Å². The number of rotatable bonds is 2. The van der Waals surface area contributed by atoms with E-state index in [1.165, 1.54) is 33.4 Å². The van der Waals surface area contributed by atoms with Crippen LogP contribution in [0.4, 0.5) is 0 Å². The van der Waals surface area contributed by atoms with Gasteiger partial charge in [-0.3, -0.25) is 0 Å². The van der Waals surface area contributed by atoms with E-state index in [-0.39, 0.29) is 0 Å². The van der Waals surface area contributed by atoms with Gasteiger partial charge in [-0.25, -0.2) is 0 Å². The quantitative estimate of drug-likeness (QED) is 0.705. The molecule has 0 aliphatic carbocycles. The molecule has 1 rings (SSSR count). The summed E-state index contributed by atoms with van der Waals surface area (Å²) in [5, 5.41) is 0. The lowest BCUT2D eigenvalue weighted by atomic mass is 9.90. The second-order valence-corrected chi connectivity index (χ2v) is 4.41. The molecule has 0 saturated carbocycles. The van der Waals surface area contributed by atoms with Gasteiger partial charge in [-0.05, 0) is 61.1 Å². The molecule has 0 unspecified atom stereocenters. The van der Waals surface area contributed by atoms with E-state index in [1.54, 1.807) is 0 Å². The Kier molecular flexibility index (Phi) is 3.96. The van der Waals surface area contributed by atoms with E-state index >= 15 is 0 Å². The van der Waals surface area contributed by atoms with Crippen LogP contribution in [0.25, 0.3) is 0 Å². The molecule has 2 heteroatoms. The van der Waals surface area contributed by atoms with Gasteiger partial charge >= 0.3 is 0 Å². The summed E-state index contributed by atoms with van der Waals surface area (Å²) in [7, 11) is 0. The summed E-state index contributed by atoms with van der Waals surface area (Å²) >= 11 is 8.80. The van der Waals surface area contributed by atoms with Crippen molar-refractivity contribution in [2.45, 2.75) is 39.2 Å². The Balaban J connectivity index is 3.57. The zero-order valence-corrected chi connectivity index (χ0v) is 11.1. The van der Waals surface area contributed by atoms with Gasteiger partial charge in [0.25, 0.3) is 0 Å². The third-order valence-electron chi connectivity index (χ3n) is 3.27. The SMILES string of the molecule is Cc1c(C)c(C)c(CS)c(CS)c1C. The van der Waals surface area contributed by atoms with Gasteiger partial charge in [0.05, 0.1) is 0 Å². The Hall–Kier alpha value is -0.0800. The molecule has 0 aliphatic rings. The lowest BCUT2D eigenvalue weighted by Crippen LogP contribution is -2.02. The molecule has 14 heavy (non-hydrogen) atoms. The predicted octanol–water partition coefficient (Wildman–Crippen LogP) is 3.78. The van der Waals surface area contributed by atoms with Gasteiger partial charge < -0.3 is 0 Å². The molecule has 1 aromatic carbocycles. The minimum atomic E-state index is 0.809. The number of hydrogen-bond acceptors (Lipinski definition) is 2. The Morgan fingerprint density at radius 3 is 1.14 bits per heavy atom. The van der Waals surface area contributed by atoms with E-state index < -0.39 is 0 Å². The van der Waals surface area contributed by atoms with Gasteiger partial charge in [0, 0.05) is 11.5 Å². The van der Waals surface area contributed by atoms with E-state index in [1.807, 2.05) is 0 Å². The Labute approximate surface area is 97.9 Å². The highest BCUT2D eigenvalue weighted by Gasteiger charge is 2.12. The highest BCUT2D eigenvalue weighted by atomic mass is 32.1. The Morgan fingerprint density at radius 1 is 0.643 bits per heavy atom. The standard InChI is InChI=1S/C12H18S2/c1-7-8(2)10(4)12(6-14)11(5-13)9(7)3/h13-14H,5-6H2,1-4H3. The third-order valence-corrected chi connectivity index (χ3v) is 3.91. The maximum Gasteiger partial charge on any atom is 0.0160 e. The van der Waals surface area contributed by atoms with Crippen LogP contribution in [0, 0.1) is 27.7 Å². The van der Waals surface area contributed by atoms with Crippen molar-refractivity contribution in [3.8, 4) is 0 Å². The summed E-state index contributed by atoms with van der Waals surface area (Å²) in [6, 6.07) is 0. The van der Waals surface area contributed by atoms with E-state index in [2.05, 4.69) is 53.0 Å². The van der Waals surface area contributed by atoms with Crippen LogP contribution in [-0.2, 0) is 11.5 Å². The second kappa shape index (κ2) is 4.63. The van der Waals surface area contributed by atoms with Crippen LogP contribution in [0.5, 0.6) is 0 Å². The van der Waals surface area contributed by atoms with E-state index in [0.29, 0.717) is 0 Å². The first-order valence-corrected chi connectivity index (χ1v) is 6.10. The van der Waals surface area contributed by atoms with E-state index in [4.69, 9.17) is 0 Å². The van der Waals surface area contributed by atoms with Crippen LogP contribution in [0.15, 0.2) is 0 Å². The zero-order valence-electron chi connectivity index (χ0n) is 9.31. The maximum atomic E-state index is 4.40. The molecule has 0 atom stereocenters. The van der Waals surface area contributed by atoms with Gasteiger partial charge in [-0.2, -0.15) is 25.3 Å². The van der Waals surface area contributed by atoms with Crippen LogP contribution in [0.1, 0.15) is 33.4 Å². The molecule has 0 spiro atoms. The molecule has 0 nitrogen and oxygen atoms in total. The van der Waals surface area contributed by atoms with Gasteiger partial charge in [0.15, 0.2) is 0 Å². The first-order chi connectivity index (χ1) is 6.54. The smallest absolute Gasteiger partial charge is 0.0160 e. The zero-order chi connectivity index (χ0) is 10.9. The van der Waals surface area contributed by atoms with E-state index in [0.717, 1.165) is 11.5 Å². The van der Waals surface area contributed by atoms with E-state index in [9.17, 15) is 0 Å². The molecule has 0 saturated heterocycles. The van der Waals surface area contributed by atoms with Crippen molar-refractivity contribution in [3.05, 3.63) is 33.4 Å². The van der Waals surface area contributed by atoms with Gasteiger partial charge in [-0.1, -0.05) is 0 Å². The fourth-order valence-electron chi connectivity index (χ4n) is 1.90. The summed E-state index contributed by atoms with van der Waals surface area (Å²) in [4.78, 5) is 0. The summed E-state index contributed by atoms with van der Waals surface area (Å²) in [6.45, 7) is 8.74. The number of thiol groups is 2. The molecule has 0 aliphatic heterocycles. The first-order valence-electron chi connectivity index (χ1n) is 4.84. The molecular formula is C12H18S2. The average Bonchev–Trinajstić information content (AvgIpc) is 2.20. The van der Waals surface area contributed by atoms with Crippen LogP contribution in [0.3, 0.4) is 0 Å². The van der Waals surface area contributed by atoms with Crippen LogP contribution in [0.2, 0.25) is 0 Å². The van der Waals surface area contributed by atoms with Crippen molar-refractivity contribution in [1.29, 1.82) is 0 Å². The molecule has 0 fully saturated rings. The second-order valence-electron chi connectivity index (χ2n) is 3.77. The van der Waals surface area contributed by atoms with Gasteiger partial charge in [-0.15, -0.1) is 0 Å². The Bertz CT molecular complexity index is 319. The largest absolute Gasteiger partial charge is 0.175 e. The molecule has 1 aromatic rings. The van der Waals surface area contributed by atoms with Crippen LogP contribution < -0.4 is 0 Å². The normalized spacial score (nSPS) is 10.7. The third kappa shape index (κ3) is 1.82. The summed E-state index contributed by atoms with van der Waals surface area (Å²) in [5.74, 6) is 1.62. The highest BCUT2D eigenvalue weighted by Crippen LogP contribution is 2.28. The molecule has 0 aromatic heterocycles. The monoisotopic (exact) mass is 226 g/mol. The van der Waals surface area contributed by atoms with Crippen molar-refractivity contribution in [1.82, 2.24) is 0 Å². The molecule has 0 amide bonds. The summed E-state index contributed by atoms with van der Waals surface area (Å²) in [5.41, 5.74) is 8.29. The highest BCUT2D eigenvalue weighted by molar-refractivity contribution is 7.79. The fourth-order valence-corrected chi connectivity index (χ4v) is 2.75. The van der Waals surface area contributed by atoms with Crippen LogP contribution >= 0.6 is 25.3 Å².